The molecule has 2 bridgehead atoms. The monoisotopic (exact) mass is 808 g/mol. The Morgan fingerprint density at radius 2 is 1.81 bits per heavy atom. The first kappa shape index (κ1) is 42.5. The van der Waals surface area contributed by atoms with E-state index in [9.17, 15) is 32.0 Å². The minimum atomic E-state index is -2.73. The van der Waals surface area contributed by atoms with Crippen LogP contribution in [0.4, 0.5) is 10.1 Å². The number of benzene rings is 2. The molecule has 0 aromatic heterocycles. The molecular formula is C46H65FN2O7S. The second-order valence-corrected chi connectivity index (χ2v) is 20.1. The molecule has 1 heterocycles. The Balaban J connectivity index is 0.000000785. The first-order valence-electron chi connectivity index (χ1n) is 20.8. The first-order chi connectivity index (χ1) is 27.0. The summed E-state index contributed by atoms with van der Waals surface area (Å²) in [6.07, 6.45) is 16.4. The summed E-state index contributed by atoms with van der Waals surface area (Å²) < 4.78 is 41.4. The Morgan fingerprint density at radius 3 is 2.51 bits per heavy atom. The molecule has 0 saturated heterocycles. The van der Waals surface area contributed by atoms with E-state index in [0.29, 0.717) is 56.9 Å². The highest BCUT2D eigenvalue weighted by Crippen LogP contribution is 2.46. The number of esters is 1. The first-order valence-corrected chi connectivity index (χ1v) is 22.7. The van der Waals surface area contributed by atoms with Crippen molar-refractivity contribution in [3.8, 4) is 0 Å². The largest absolute Gasteiger partial charge is 0.459 e. The number of sulfone groups is 1. The van der Waals surface area contributed by atoms with Gasteiger partial charge in [-0.15, -0.1) is 0 Å². The van der Waals surface area contributed by atoms with Gasteiger partial charge in [-0.2, -0.15) is 0 Å². The van der Waals surface area contributed by atoms with Gasteiger partial charge >= 0.3 is 5.97 Å². The summed E-state index contributed by atoms with van der Waals surface area (Å²) >= 11 is 0. The average Bonchev–Trinajstić information content (AvgIpc) is 4.07. The van der Waals surface area contributed by atoms with Crippen LogP contribution >= 0.6 is 0 Å². The van der Waals surface area contributed by atoms with Crippen molar-refractivity contribution in [2.24, 2.45) is 17.8 Å². The number of rotatable bonds is 6. The number of fused-ring (bicyclic) bond motifs is 4. The van der Waals surface area contributed by atoms with E-state index in [1.165, 1.54) is 25.3 Å². The molecule has 57 heavy (non-hydrogen) atoms. The van der Waals surface area contributed by atoms with Crippen molar-refractivity contribution in [3.05, 3.63) is 88.8 Å². The Morgan fingerprint density at radius 1 is 1.04 bits per heavy atom. The molecule has 1 unspecified atom stereocenters. The number of Topliss-reactive ketones (excluding diaryl/α,β-unsaturated/α-hetero) is 2. The van der Waals surface area contributed by atoms with E-state index < -0.39 is 33.4 Å². The van der Waals surface area contributed by atoms with Gasteiger partial charge in [-0.1, -0.05) is 54.8 Å². The van der Waals surface area contributed by atoms with Gasteiger partial charge in [0.15, 0.2) is 21.4 Å². The SMILES string of the molecule is CC(=O)[C@@]12C[C@H]1/C=C\CCCCC[C@H](Nc1cccc(C)c1)C(=O)CC1C[C@H](OC(=O)/C=C3/CCc4c(F)cccc4C3)C[C@H](C1)C(=O)N2.CC1(S(C)(=O)=O)CC1.[HH].[HH].[HH]. The third kappa shape index (κ3) is 10.9. The maximum atomic E-state index is 14.3. The molecule has 7 rings (SSSR count). The third-order valence-corrected chi connectivity index (χ3v) is 15.1. The number of nitrogens with one attached hydrogen (secondary N) is 2. The minimum absolute atomic E-state index is 0. The highest BCUT2D eigenvalue weighted by atomic mass is 32.2. The van der Waals surface area contributed by atoms with Gasteiger partial charge in [-0.3, -0.25) is 14.4 Å². The summed E-state index contributed by atoms with van der Waals surface area (Å²) in [6.45, 7) is 5.36. The third-order valence-electron chi connectivity index (χ3n) is 12.9. The molecule has 2 aromatic carbocycles. The summed E-state index contributed by atoms with van der Waals surface area (Å²) in [5.41, 5.74) is 3.61. The molecule has 2 N–H and O–H groups in total. The number of amides is 1. The van der Waals surface area contributed by atoms with Gasteiger partial charge in [0.25, 0.3) is 0 Å². The van der Waals surface area contributed by atoms with E-state index in [0.717, 1.165) is 60.9 Å². The van der Waals surface area contributed by atoms with Gasteiger partial charge < -0.3 is 15.4 Å². The molecule has 314 valence electrons. The van der Waals surface area contributed by atoms with Crippen molar-refractivity contribution in [1.29, 1.82) is 0 Å². The quantitative estimate of drug-likeness (QED) is 0.168. The van der Waals surface area contributed by atoms with Crippen molar-refractivity contribution >= 4 is 39.0 Å². The van der Waals surface area contributed by atoms with E-state index in [1.54, 1.807) is 13.0 Å². The molecule has 0 radical (unpaired) electrons. The predicted molar refractivity (Wildman–Crippen MR) is 226 cm³/mol. The lowest BCUT2D eigenvalue weighted by Crippen LogP contribution is -2.48. The zero-order chi connectivity index (χ0) is 41.0. The fourth-order valence-electron chi connectivity index (χ4n) is 8.76. The van der Waals surface area contributed by atoms with Crippen molar-refractivity contribution < 1.29 is 41.0 Å². The summed E-state index contributed by atoms with van der Waals surface area (Å²) in [5.74, 6) is -1.54. The average molecular weight is 809 g/mol. The summed E-state index contributed by atoms with van der Waals surface area (Å²) in [6, 6.07) is 12.7. The van der Waals surface area contributed by atoms with Gasteiger partial charge in [0.05, 0.1) is 10.8 Å². The molecule has 11 heteroatoms. The number of allylic oxidation sites excluding steroid dienone is 2. The standard InChI is InChI=1S/C41H49FN2O5.C5H10O2S.3H2/c1-26-10-8-13-33(18-26)43-37-15-7-5-3-4-6-12-32-25-41(32,27(2)45)44-40(48)31-20-29(22-38(37)46)21-34(24-31)49-39(47)23-28-16-17-35-30(19-28)11-9-14-36(35)42;1-5(3-4-5)8(2,6)7;;;/h6,8-14,18,23,29,31-32,34,37,43H,3-5,7,15-17,19-22,24-25H2,1-2H3,(H,44,48);3-4H2,1-2H3;3*1H/b12-6-,28-23-;;;;/t29?,31-,32+,34-,37-,41-;;;;/m0..../s1. The van der Waals surface area contributed by atoms with Crippen molar-refractivity contribution in [3.63, 3.8) is 0 Å². The molecule has 9 nitrogen and oxygen atoms in total. The van der Waals surface area contributed by atoms with E-state index in [-0.39, 0.29) is 56.6 Å². The smallest absolute Gasteiger partial charge is 0.330 e. The molecular weight excluding hydrogens is 744 g/mol. The maximum absolute atomic E-state index is 14.3. The lowest BCUT2D eigenvalue weighted by Gasteiger charge is -2.35. The van der Waals surface area contributed by atoms with Crippen molar-refractivity contribution in [2.45, 2.75) is 140 Å². The molecule has 1 aliphatic heterocycles. The van der Waals surface area contributed by atoms with Crippen LogP contribution in [0, 0.1) is 30.5 Å². The van der Waals surface area contributed by atoms with E-state index in [1.807, 2.05) is 37.3 Å². The van der Waals surface area contributed by atoms with Crippen LogP contribution in [-0.2, 0) is 46.6 Å². The second kappa shape index (κ2) is 17.8. The zero-order valence-corrected chi connectivity index (χ0v) is 34.7. The fourth-order valence-corrected chi connectivity index (χ4v) is 9.61. The topological polar surface area (TPSA) is 136 Å². The zero-order valence-electron chi connectivity index (χ0n) is 33.9. The van der Waals surface area contributed by atoms with Crippen LogP contribution in [0.5, 0.6) is 0 Å². The van der Waals surface area contributed by atoms with Crippen molar-refractivity contribution in [1.82, 2.24) is 5.32 Å². The van der Waals surface area contributed by atoms with E-state index >= 15 is 0 Å². The molecule has 2 aromatic rings. The highest BCUT2D eigenvalue weighted by Gasteiger charge is 2.58. The van der Waals surface area contributed by atoms with Crippen LogP contribution in [-0.4, -0.2) is 60.5 Å². The Labute approximate surface area is 342 Å². The lowest BCUT2D eigenvalue weighted by molar-refractivity contribution is -0.149. The number of ketones is 2. The number of hydrogen-bond acceptors (Lipinski definition) is 8. The molecule has 0 spiro atoms. The van der Waals surface area contributed by atoms with Crippen molar-refractivity contribution in [2.75, 3.05) is 11.6 Å². The summed E-state index contributed by atoms with van der Waals surface area (Å²) in [5, 5.41) is 6.61. The van der Waals surface area contributed by atoms with Gasteiger partial charge in [-0.05, 0) is 139 Å². The van der Waals surface area contributed by atoms with Gasteiger partial charge in [0.2, 0.25) is 5.91 Å². The molecule has 1 amide bonds. The number of ether oxygens (including phenoxy) is 1. The molecule has 3 fully saturated rings. The van der Waals surface area contributed by atoms with E-state index in [4.69, 9.17) is 4.74 Å². The van der Waals surface area contributed by atoms with Crippen LogP contribution in [0.1, 0.15) is 118 Å². The van der Waals surface area contributed by atoms with Crippen LogP contribution in [0.25, 0.3) is 0 Å². The lowest BCUT2D eigenvalue weighted by atomic mass is 9.76. The summed E-state index contributed by atoms with van der Waals surface area (Å²) in [4.78, 5) is 53.9. The van der Waals surface area contributed by atoms with Gasteiger partial charge in [0.1, 0.15) is 17.5 Å². The van der Waals surface area contributed by atoms with Crippen LogP contribution in [0.3, 0.4) is 0 Å². The Hall–Kier alpha value is -4.12. The number of carbonyl (C=O) groups is 4. The number of halogens is 1. The minimum Gasteiger partial charge on any atom is -0.459 e. The molecule has 4 aliphatic carbocycles. The van der Waals surface area contributed by atoms with Gasteiger partial charge in [-0.25, -0.2) is 17.6 Å². The second-order valence-electron chi connectivity index (χ2n) is 17.5. The normalized spacial score (nSPS) is 29.8. The molecule has 6 atom stereocenters. The van der Waals surface area contributed by atoms with Gasteiger partial charge in [0, 0.05) is 40.6 Å². The van der Waals surface area contributed by atoms with E-state index in [2.05, 4.69) is 22.8 Å². The number of aryl methyl sites for hydroxylation is 1. The Kier molecular flexibility index (Phi) is 13.3. The Bertz CT molecular complexity index is 2040. The maximum Gasteiger partial charge on any atom is 0.330 e. The number of hydrogen-bond donors (Lipinski definition) is 2. The molecule has 3 saturated carbocycles. The number of anilines is 1. The van der Waals surface area contributed by atoms with Crippen LogP contribution in [0.15, 0.2) is 66.3 Å². The predicted octanol–water partition coefficient (Wildman–Crippen LogP) is 8.62. The highest BCUT2D eigenvalue weighted by molar-refractivity contribution is 7.92. The fraction of sp³-hybridized carbons (Fsp3) is 0.565. The summed E-state index contributed by atoms with van der Waals surface area (Å²) in [7, 11) is -2.73. The molecule has 5 aliphatic rings. The van der Waals surface area contributed by atoms with Crippen LogP contribution < -0.4 is 10.6 Å². The number of carbonyl (C=O) groups excluding carboxylic acids is 4. The van der Waals surface area contributed by atoms with Crippen LogP contribution in [0.2, 0.25) is 0 Å².